The van der Waals surface area contributed by atoms with E-state index in [0.717, 1.165) is 6.07 Å². The van der Waals surface area contributed by atoms with Crippen molar-refractivity contribution in [2.75, 3.05) is 18.4 Å². The summed E-state index contributed by atoms with van der Waals surface area (Å²) in [6, 6.07) is 4.11. The average Bonchev–Trinajstić information content (AvgIpc) is 2.23. The minimum atomic E-state index is -4.36. The third kappa shape index (κ3) is 5.82. The highest BCUT2D eigenvalue weighted by atomic mass is 79.9. The van der Waals surface area contributed by atoms with Crippen LogP contribution in [0.4, 0.5) is 18.9 Å². The van der Waals surface area contributed by atoms with Crippen LogP contribution >= 0.6 is 15.9 Å². The molecular formula is C13H18BrF3N2. The Morgan fingerprint density at radius 2 is 1.74 bits per heavy atom. The molecule has 0 radical (unpaired) electrons. The highest BCUT2D eigenvalue weighted by molar-refractivity contribution is 9.10. The quantitative estimate of drug-likeness (QED) is 0.801. The summed E-state index contributed by atoms with van der Waals surface area (Å²) in [5.41, 5.74) is -0.599. The molecule has 1 rings (SSSR count). The van der Waals surface area contributed by atoms with Crippen LogP contribution in [0.15, 0.2) is 22.7 Å². The summed E-state index contributed by atoms with van der Waals surface area (Å²) in [6.45, 7) is 7.05. The van der Waals surface area contributed by atoms with Crippen LogP contribution in [-0.2, 0) is 6.18 Å². The monoisotopic (exact) mass is 338 g/mol. The van der Waals surface area contributed by atoms with Crippen LogP contribution in [0.1, 0.15) is 26.3 Å². The first-order valence-corrected chi connectivity index (χ1v) is 6.74. The zero-order valence-corrected chi connectivity index (χ0v) is 12.7. The predicted molar refractivity (Wildman–Crippen MR) is 75.4 cm³/mol. The van der Waals surface area contributed by atoms with Crippen molar-refractivity contribution in [1.29, 1.82) is 0 Å². The lowest BCUT2D eigenvalue weighted by atomic mass is 10.1. The second-order valence-corrected chi connectivity index (χ2v) is 6.21. The number of anilines is 1. The smallest absolute Gasteiger partial charge is 0.383 e. The van der Waals surface area contributed by atoms with E-state index in [1.807, 2.05) is 20.8 Å². The fourth-order valence-corrected chi connectivity index (χ4v) is 1.90. The minimum Gasteiger partial charge on any atom is -0.383 e. The van der Waals surface area contributed by atoms with Crippen molar-refractivity contribution in [3.05, 3.63) is 28.2 Å². The Bertz CT molecular complexity index is 425. The van der Waals surface area contributed by atoms with E-state index in [1.54, 1.807) is 6.07 Å². The van der Waals surface area contributed by atoms with Gasteiger partial charge in [0.15, 0.2) is 0 Å². The van der Waals surface area contributed by atoms with Crippen LogP contribution in [-0.4, -0.2) is 18.6 Å². The lowest BCUT2D eigenvalue weighted by molar-refractivity contribution is -0.137. The summed E-state index contributed by atoms with van der Waals surface area (Å²) in [6.07, 6.45) is -4.36. The van der Waals surface area contributed by atoms with E-state index in [0.29, 0.717) is 17.6 Å². The third-order valence-electron chi connectivity index (χ3n) is 2.38. The first kappa shape index (κ1) is 16.3. The van der Waals surface area contributed by atoms with E-state index in [-0.39, 0.29) is 11.2 Å². The molecule has 0 aliphatic heterocycles. The lowest BCUT2D eigenvalue weighted by Crippen LogP contribution is -2.38. The topological polar surface area (TPSA) is 24.1 Å². The molecule has 0 heterocycles. The van der Waals surface area contributed by atoms with Crippen molar-refractivity contribution in [3.8, 4) is 0 Å². The molecule has 0 aromatic heterocycles. The average molecular weight is 339 g/mol. The largest absolute Gasteiger partial charge is 0.418 e. The van der Waals surface area contributed by atoms with E-state index < -0.39 is 11.7 Å². The zero-order valence-electron chi connectivity index (χ0n) is 11.2. The van der Waals surface area contributed by atoms with Crippen molar-refractivity contribution < 1.29 is 13.2 Å². The molecule has 0 saturated heterocycles. The number of benzene rings is 1. The number of hydrogen-bond acceptors (Lipinski definition) is 2. The van der Waals surface area contributed by atoms with Gasteiger partial charge in [0.2, 0.25) is 0 Å². The van der Waals surface area contributed by atoms with E-state index in [2.05, 4.69) is 26.6 Å². The van der Waals surface area contributed by atoms with Crippen LogP contribution in [0, 0.1) is 0 Å². The van der Waals surface area contributed by atoms with Crippen molar-refractivity contribution in [2.24, 2.45) is 0 Å². The molecule has 108 valence electrons. The van der Waals surface area contributed by atoms with Gasteiger partial charge in [0.1, 0.15) is 0 Å². The van der Waals surface area contributed by atoms with Crippen LogP contribution in [0.25, 0.3) is 0 Å². The molecule has 0 spiro atoms. The molecule has 0 bridgehead atoms. The van der Waals surface area contributed by atoms with Gasteiger partial charge < -0.3 is 10.6 Å². The standard InChI is InChI=1S/C13H18BrF3N2/c1-12(2,3)19-7-6-18-11-5-4-9(14)8-10(11)13(15,16)17/h4-5,8,18-19H,6-7H2,1-3H3. The van der Waals surface area contributed by atoms with Gasteiger partial charge in [-0.2, -0.15) is 13.2 Å². The van der Waals surface area contributed by atoms with E-state index in [9.17, 15) is 13.2 Å². The Kier molecular flexibility index (Phi) is 5.26. The molecule has 19 heavy (non-hydrogen) atoms. The molecular weight excluding hydrogens is 321 g/mol. The molecule has 2 nitrogen and oxygen atoms in total. The van der Waals surface area contributed by atoms with Gasteiger partial charge in [-0.25, -0.2) is 0 Å². The highest BCUT2D eigenvalue weighted by Crippen LogP contribution is 2.36. The zero-order chi connectivity index (χ0) is 14.7. The molecule has 2 N–H and O–H groups in total. The first-order valence-electron chi connectivity index (χ1n) is 5.95. The maximum Gasteiger partial charge on any atom is 0.418 e. The number of nitrogens with one attached hydrogen (secondary N) is 2. The summed E-state index contributed by atoms with van der Waals surface area (Å²) in [5.74, 6) is 0. The normalized spacial score (nSPS) is 12.6. The molecule has 0 atom stereocenters. The molecule has 1 aromatic rings. The molecule has 1 aromatic carbocycles. The van der Waals surface area contributed by atoms with Gasteiger partial charge in [0.25, 0.3) is 0 Å². The summed E-state index contributed by atoms with van der Waals surface area (Å²) in [7, 11) is 0. The number of rotatable bonds is 4. The second-order valence-electron chi connectivity index (χ2n) is 5.29. The van der Waals surface area contributed by atoms with Gasteiger partial charge in [0, 0.05) is 28.8 Å². The molecule has 0 fully saturated rings. The Labute approximate surface area is 119 Å². The van der Waals surface area contributed by atoms with E-state index in [1.165, 1.54) is 6.07 Å². The summed E-state index contributed by atoms with van der Waals surface area (Å²) in [5, 5.41) is 6.02. The van der Waals surface area contributed by atoms with Gasteiger partial charge in [-0.15, -0.1) is 0 Å². The minimum absolute atomic E-state index is 0.0474. The summed E-state index contributed by atoms with van der Waals surface area (Å²) >= 11 is 3.06. The molecule has 6 heteroatoms. The fraction of sp³-hybridized carbons (Fsp3) is 0.538. The first-order chi connectivity index (χ1) is 8.59. The Balaban J connectivity index is 2.68. The third-order valence-corrected chi connectivity index (χ3v) is 2.88. The Morgan fingerprint density at radius 3 is 2.26 bits per heavy atom. The SMILES string of the molecule is CC(C)(C)NCCNc1ccc(Br)cc1C(F)(F)F. The van der Waals surface area contributed by atoms with Crippen LogP contribution in [0.2, 0.25) is 0 Å². The maximum absolute atomic E-state index is 12.9. The molecule has 0 aliphatic rings. The van der Waals surface area contributed by atoms with Gasteiger partial charge in [-0.3, -0.25) is 0 Å². The van der Waals surface area contributed by atoms with E-state index >= 15 is 0 Å². The van der Waals surface area contributed by atoms with Crippen LogP contribution < -0.4 is 10.6 Å². The molecule has 0 unspecified atom stereocenters. The second kappa shape index (κ2) is 6.13. The Morgan fingerprint density at radius 1 is 1.11 bits per heavy atom. The Hall–Kier alpha value is -0.750. The van der Waals surface area contributed by atoms with Gasteiger partial charge in [-0.1, -0.05) is 15.9 Å². The maximum atomic E-state index is 12.9. The number of hydrogen-bond donors (Lipinski definition) is 2. The predicted octanol–water partition coefficient (Wildman–Crippen LogP) is 4.27. The van der Waals surface area contributed by atoms with E-state index in [4.69, 9.17) is 0 Å². The van der Waals surface area contributed by atoms with Gasteiger partial charge >= 0.3 is 6.18 Å². The van der Waals surface area contributed by atoms with Crippen molar-refractivity contribution >= 4 is 21.6 Å². The molecule has 0 aliphatic carbocycles. The van der Waals surface area contributed by atoms with Gasteiger partial charge in [-0.05, 0) is 39.0 Å². The van der Waals surface area contributed by atoms with Crippen molar-refractivity contribution in [2.45, 2.75) is 32.5 Å². The van der Waals surface area contributed by atoms with Crippen LogP contribution in [0.5, 0.6) is 0 Å². The molecule has 0 saturated carbocycles. The summed E-state index contributed by atoms with van der Waals surface area (Å²) in [4.78, 5) is 0. The molecule has 0 amide bonds. The van der Waals surface area contributed by atoms with Crippen molar-refractivity contribution in [3.63, 3.8) is 0 Å². The van der Waals surface area contributed by atoms with Crippen molar-refractivity contribution in [1.82, 2.24) is 5.32 Å². The highest BCUT2D eigenvalue weighted by Gasteiger charge is 2.33. The fourth-order valence-electron chi connectivity index (χ4n) is 1.54. The number of alkyl halides is 3. The summed E-state index contributed by atoms with van der Waals surface area (Å²) < 4.78 is 39.0. The van der Waals surface area contributed by atoms with Gasteiger partial charge in [0.05, 0.1) is 5.56 Å². The lowest BCUT2D eigenvalue weighted by Gasteiger charge is -2.21. The number of halogens is 4. The van der Waals surface area contributed by atoms with Crippen LogP contribution in [0.3, 0.4) is 0 Å².